The number of aryl methyl sites for hydroxylation is 1. The molecule has 0 aliphatic carbocycles. The molecule has 20 heavy (non-hydrogen) atoms. The Bertz CT molecular complexity index is 636. The SMILES string of the molecule is Cc1ccccc1N1C(=O)CCCNc2ccccc21. The monoisotopic (exact) mass is 266 g/mol. The Kier molecular flexibility index (Phi) is 3.42. The van der Waals surface area contributed by atoms with Crippen LogP contribution in [0.25, 0.3) is 0 Å². The second-order valence-electron chi connectivity index (χ2n) is 5.06. The van der Waals surface area contributed by atoms with Gasteiger partial charge in [0, 0.05) is 13.0 Å². The number of fused-ring (bicyclic) bond motifs is 1. The second kappa shape index (κ2) is 5.37. The molecule has 1 N–H and O–H groups in total. The summed E-state index contributed by atoms with van der Waals surface area (Å²) in [6, 6.07) is 16.0. The van der Waals surface area contributed by atoms with Gasteiger partial charge in [-0.05, 0) is 37.1 Å². The molecular weight excluding hydrogens is 248 g/mol. The van der Waals surface area contributed by atoms with Crippen molar-refractivity contribution in [2.45, 2.75) is 19.8 Å². The van der Waals surface area contributed by atoms with Crippen molar-refractivity contribution in [3.05, 3.63) is 54.1 Å². The van der Waals surface area contributed by atoms with E-state index in [0.29, 0.717) is 6.42 Å². The molecule has 0 fully saturated rings. The molecule has 1 aliphatic rings. The average Bonchev–Trinajstić information content (AvgIpc) is 2.45. The Balaban J connectivity index is 2.16. The lowest BCUT2D eigenvalue weighted by Gasteiger charge is -2.29. The molecule has 102 valence electrons. The van der Waals surface area contributed by atoms with E-state index in [1.165, 1.54) is 0 Å². The van der Waals surface area contributed by atoms with Gasteiger partial charge in [0.15, 0.2) is 0 Å². The number of carbonyl (C=O) groups excluding carboxylic acids is 1. The normalized spacial score (nSPS) is 15.1. The first-order valence-corrected chi connectivity index (χ1v) is 6.99. The zero-order valence-electron chi connectivity index (χ0n) is 11.6. The van der Waals surface area contributed by atoms with Gasteiger partial charge in [-0.15, -0.1) is 0 Å². The third kappa shape index (κ3) is 2.27. The maximum atomic E-state index is 12.6. The first kappa shape index (κ1) is 12.7. The molecule has 3 nitrogen and oxygen atoms in total. The third-order valence-corrected chi connectivity index (χ3v) is 3.63. The van der Waals surface area contributed by atoms with Gasteiger partial charge in [-0.3, -0.25) is 9.69 Å². The summed E-state index contributed by atoms with van der Waals surface area (Å²) in [5.41, 5.74) is 4.03. The predicted molar refractivity (Wildman–Crippen MR) is 82.5 cm³/mol. The number of para-hydroxylation sites is 3. The van der Waals surface area contributed by atoms with Crippen molar-refractivity contribution in [1.82, 2.24) is 0 Å². The van der Waals surface area contributed by atoms with Crippen LogP contribution in [0.5, 0.6) is 0 Å². The molecule has 0 saturated carbocycles. The van der Waals surface area contributed by atoms with Crippen molar-refractivity contribution in [3.63, 3.8) is 0 Å². The quantitative estimate of drug-likeness (QED) is 0.850. The highest BCUT2D eigenvalue weighted by Gasteiger charge is 2.23. The van der Waals surface area contributed by atoms with Crippen LogP contribution < -0.4 is 10.2 Å². The van der Waals surface area contributed by atoms with Gasteiger partial charge in [0.25, 0.3) is 0 Å². The molecule has 0 spiro atoms. The predicted octanol–water partition coefficient (Wildman–Crippen LogP) is 3.87. The van der Waals surface area contributed by atoms with Gasteiger partial charge in [-0.1, -0.05) is 30.3 Å². The van der Waals surface area contributed by atoms with Gasteiger partial charge in [0.1, 0.15) is 0 Å². The third-order valence-electron chi connectivity index (χ3n) is 3.63. The number of anilines is 3. The summed E-state index contributed by atoms with van der Waals surface area (Å²) >= 11 is 0. The fourth-order valence-electron chi connectivity index (χ4n) is 2.61. The van der Waals surface area contributed by atoms with Crippen LogP contribution in [-0.2, 0) is 4.79 Å². The minimum absolute atomic E-state index is 0.160. The molecule has 0 atom stereocenters. The summed E-state index contributed by atoms with van der Waals surface area (Å²) in [5.74, 6) is 0.160. The van der Waals surface area contributed by atoms with Crippen LogP contribution in [0, 0.1) is 6.92 Å². The van der Waals surface area contributed by atoms with Crippen molar-refractivity contribution in [2.24, 2.45) is 0 Å². The molecule has 3 heteroatoms. The van der Waals surface area contributed by atoms with E-state index in [9.17, 15) is 4.79 Å². The Morgan fingerprint density at radius 1 is 1.00 bits per heavy atom. The maximum Gasteiger partial charge on any atom is 0.231 e. The molecule has 3 rings (SSSR count). The Morgan fingerprint density at radius 2 is 1.70 bits per heavy atom. The van der Waals surface area contributed by atoms with E-state index < -0.39 is 0 Å². The second-order valence-corrected chi connectivity index (χ2v) is 5.06. The highest BCUT2D eigenvalue weighted by molar-refractivity contribution is 6.04. The van der Waals surface area contributed by atoms with E-state index in [0.717, 1.165) is 35.6 Å². The molecule has 0 aromatic heterocycles. The standard InChI is InChI=1S/C17H18N2O/c1-13-7-2-4-9-15(13)19-16-10-5-3-8-14(16)18-12-6-11-17(19)20/h2-5,7-10,18H,6,11-12H2,1H3. The van der Waals surface area contributed by atoms with Crippen molar-refractivity contribution >= 4 is 23.0 Å². The van der Waals surface area contributed by atoms with Crippen LogP contribution in [-0.4, -0.2) is 12.5 Å². The topological polar surface area (TPSA) is 32.3 Å². The summed E-state index contributed by atoms with van der Waals surface area (Å²) < 4.78 is 0. The van der Waals surface area contributed by atoms with E-state index in [-0.39, 0.29) is 5.91 Å². The number of amides is 1. The average molecular weight is 266 g/mol. The van der Waals surface area contributed by atoms with E-state index in [4.69, 9.17) is 0 Å². The number of carbonyl (C=O) groups is 1. The van der Waals surface area contributed by atoms with E-state index in [1.54, 1.807) is 0 Å². The van der Waals surface area contributed by atoms with Crippen molar-refractivity contribution in [1.29, 1.82) is 0 Å². The molecule has 2 aromatic carbocycles. The van der Waals surface area contributed by atoms with Crippen molar-refractivity contribution in [2.75, 3.05) is 16.8 Å². The lowest BCUT2D eigenvalue weighted by molar-refractivity contribution is -0.118. The van der Waals surface area contributed by atoms with Gasteiger partial charge in [0.2, 0.25) is 5.91 Å². The van der Waals surface area contributed by atoms with Crippen molar-refractivity contribution < 1.29 is 4.79 Å². The highest BCUT2D eigenvalue weighted by atomic mass is 16.2. The molecule has 0 radical (unpaired) electrons. The molecule has 0 unspecified atom stereocenters. The molecule has 1 amide bonds. The van der Waals surface area contributed by atoms with Gasteiger partial charge in [-0.2, -0.15) is 0 Å². The molecule has 2 aromatic rings. The maximum absolute atomic E-state index is 12.6. The smallest absolute Gasteiger partial charge is 0.231 e. The zero-order valence-corrected chi connectivity index (χ0v) is 11.6. The van der Waals surface area contributed by atoms with Crippen LogP contribution >= 0.6 is 0 Å². The minimum Gasteiger partial charge on any atom is -0.383 e. The first-order chi connectivity index (χ1) is 9.77. The fraction of sp³-hybridized carbons (Fsp3) is 0.235. The Hall–Kier alpha value is -2.29. The minimum atomic E-state index is 0.160. The number of benzene rings is 2. The molecular formula is C17H18N2O. The molecule has 1 aliphatic heterocycles. The Labute approximate surface area is 119 Å². The van der Waals surface area contributed by atoms with Crippen LogP contribution in [0.3, 0.4) is 0 Å². The van der Waals surface area contributed by atoms with Gasteiger partial charge < -0.3 is 5.32 Å². The van der Waals surface area contributed by atoms with Crippen LogP contribution in [0.1, 0.15) is 18.4 Å². The summed E-state index contributed by atoms with van der Waals surface area (Å²) in [4.78, 5) is 14.4. The van der Waals surface area contributed by atoms with E-state index >= 15 is 0 Å². The van der Waals surface area contributed by atoms with Crippen LogP contribution in [0.4, 0.5) is 17.1 Å². The lowest BCUT2D eigenvalue weighted by atomic mass is 10.1. The van der Waals surface area contributed by atoms with Crippen molar-refractivity contribution in [3.8, 4) is 0 Å². The van der Waals surface area contributed by atoms with Crippen LogP contribution in [0.15, 0.2) is 48.5 Å². The summed E-state index contributed by atoms with van der Waals surface area (Å²) in [6.45, 7) is 2.88. The number of hydrogen-bond acceptors (Lipinski definition) is 2. The molecule has 0 bridgehead atoms. The fourth-order valence-corrected chi connectivity index (χ4v) is 2.61. The first-order valence-electron chi connectivity index (χ1n) is 6.99. The highest BCUT2D eigenvalue weighted by Crippen LogP contribution is 2.35. The number of nitrogens with one attached hydrogen (secondary N) is 1. The summed E-state index contributed by atoms with van der Waals surface area (Å²) in [6.07, 6.45) is 1.42. The lowest BCUT2D eigenvalue weighted by Crippen LogP contribution is -2.29. The Morgan fingerprint density at radius 3 is 2.50 bits per heavy atom. The number of rotatable bonds is 1. The molecule has 1 heterocycles. The number of hydrogen-bond donors (Lipinski definition) is 1. The zero-order chi connectivity index (χ0) is 13.9. The van der Waals surface area contributed by atoms with Crippen LogP contribution in [0.2, 0.25) is 0 Å². The summed E-state index contributed by atoms with van der Waals surface area (Å²) in [5, 5.41) is 3.41. The largest absolute Gasteiger partial charge is 0.383 e. The summed E-state index contributed by atoms with van der Waals surface area (Å²) in [7, 11) is 0. The number of nitrogens with zero attached hydrogens (tertiary/aromatic N) is 1. The van der Waals surface area contributed by atoms with Gasteiger partial charge >= 0.3 is 0 Å². The van der Waals surface area contributed by atoms with E-state index in [2.05, 4.69) is 5.32 Å². The van der Waals surface area contributed by atoms with E-state index in [1.807, 2.05) is 60.4 Å². The molecule has 0 saturated heterocycles. The van der Waals surface area contributed by atoms with Gasteiger partial charge in [0.05, 0.1) is 17.1 Å². The van der Waals surface area contributed by atoms with Gasteiger partial charge in [-0.25, -0.2) is 0 Å².